The van der Waals surface area contributed by atoms with Crippen molar-refractivity contribution < 1.29 is 14.9 Å². The van der Waals surface area contributed by atoms with E-state index in [9.17, 15) is 9.90 Å². The van der Waals surface area contributed by atoms with Gasteiger partial charge in [-0.15, -0.1) is 0 Å². The molecule has 0 spiro atoms. The van der Waals surface area contributed by atoms with Gasteiger partial charge in [0.25, 0.3) is 0 Å². The van der Waals surface area contributed by atoms with Gasteiger partial charge in [0.15, 0.2) is 5.65 Å². The van der Waals surface area contributed by atoms with Gasteiger partial charge in [0.1, 0.15) is 17.8 Å². The van der Waals surface area contributed by atoms with Crippen LogP contribution in [0.4, 0.5) is 5.95 Å². The van der Waals surface area contributed by atoms with Crippen molar-refractivity contribution in [1.29, 1.82) is 0 Å². The summed E-state index contributed by atoms with van der Waals surface area (Å²) in [7, 11) is 0. The lowest BCUT2D eigenvalue weighted by Crippen LogP contribution is -2.25. The highest BCUT2D eigenvalue weighted by atomic mass is 16.5. The topological polar surface area (TPSA) is 139 Å². The van der Waals surface area contributed by atoms with Crippen LogP contribution >= 0.6 is 0 Å². The number of hydrogen-bond donors (Lipinski definition) is 4. The number of H-pyrrole nitrogens is 1. The number of nitrogens with zero attached hydrogens (tertiary/aromatic N) is 3. The zero-order valence-electron chi connectivity index (χ0n) is 9.85. The molecule has 1 saturated heterocycles. The molecule has 0 aliphatic carbocycles. The van der Waals surface area contributed by atoms with Crippen molar-refractivity contribution in [3.05, 3.63) is 16.7 Å². The second-order valence-electron chi connectivity index (χ2n) is 4.38. The fraction of sp³-hybridized carbons (Fsp3) is 0.500. The summed E-state index contributed by atoms with van der Waals surface area (Å²) in [6, 6.07) is 0. The maximum atomic E-state index is 11.9. The van der Waals surface area contributed by atoms with Crippen LogP contribution in [0.25, 0.3) is 11.2 Å². The van der Waals surface area contributed by atoms with Crippen LogP contribution in [0, 0.1) is 0 Å². The minimum atomic E-state index is -0.828. The first-order valence-electron chi connectivity index (χ1n) is 5.77. The third-order valence-electron chi connectivity index (χ3n) is 3.15. The largest absolute Gasteiger partial charge is 0.394 e. The van der Waals surface area contributed by atoms with E-state index in [4.69, 9.17) is 15.6 Å². The summed E-state index contributed by atoms with van der Waals surface area (Å²) in [5, 5.41) is 18.8. The summed E-state index contributed by atoms with van der Waals surface area (Å²) in [6.45, 7) is -0.314. The first-order valence-corrected chi connectivity index (χ1v) is 5.77. The summed E-state index contributed by atoms with van der Waals surface area (Å²) in [6.07, 6.45) is -0.623. The van der Waals surface area contributed by atoms with E-state index < -0.39 is 24.1 Å². The molecule has 9 heteroatoms. The molecule has 3 rings (SSSR count). The monoisotopic (exact) mass is 267 g/mol. The number of nitrogens with one attached hydrogen (secondary N) is 1. The standard InChI is InChI=1S/C10H13N5O4/c11-9-12-2-4-8(14-9)15(10(18)13-4)7-1-5(17)6(3-16)19-7/h2,5-7,16-17H,1,3H2,(H,13,18)(H2,11,12,14)/t5-,6+,7-/m1/s1. The van der Waals surface area contributed by atoms with Gasteiger partial charge in [-0.1, -0.05) is 0 Å². The van der Waals surface area contributed by atoms with Crippen molar-refractivity contribution in [2.45, 2.75) is 24.9 Å². The molecule has 3 atom stereocenters. The summed E-state index contributed by atoms with van der Waals surface area (Å²) in [4.78, 5) is 22.3. The Kier molecular flexibility index (Phi) is 2.73. The van der Waals surface area contributed by atoms with Crippen LogP contribution in [0.5, 0.6) is 0 Å². The predicted molar refractivity (Wildman–Crippen MR) is 64.2 cm³/mol. The lowest BCUT2D eigenvalue weighted by Gasteiger charge is -2.12. The van der Waals surface area contributed by atoms with Crippen LogP contribution in [0.3, 0.4) is 0 Å². The van der Waals surface area contributed by atoms with E-state index in [1.807, 2.05) is 0 Å². The van der Waals surface area contributed by atoms with Gasteiger partial charge in [0, 0.05) is 6.42 Å². The maximum absolute atomic E-state index is 11.9. The Morgan fingerprint density at radius 2 is 2.42 bits per heavy atom. The SMILES string of the molecule is Nc1ncc2[nH]c(=O)n([C@H]3C[C@@H](O)[C@H](CO)O3)c2n1. The quantitative estimate of drug-likeness (QED) is 0.510. The normalized spacial score (nSPS) is 27.2. The molecule has 1 fully saturated rings. The molecule has 19 heavy (non-hydrogen) atoms. The summed E-state index contributed by atoms with van der Waals surface area (Å²) in [5.74, 6) is 0.0394. The number of ether oxygens (including phenoxy) is 1. The van der Waals surface area contributed by atoms with Gasteiger partial charge >= 0.3 is 5.69 Å². The number of fused-ring (bicyclic) bond motifs is 1. The Morgan fingerprint density at radius 3 is 3.11 bits per heavy atom. The van der Waals surface area contributed by atoms with Crippen LogP contribution in [0.1, 0.15) is 12.6 Å². The Morgan fingerprint density at radius 1 is 1.63 bits per heavy atom. The molecule has 102 valence electrons. The van der Waals surface area contributed by atoms with Gasteiger partial charge < -0.3 is 25.7 Å². The van der Waals surface area contributed by atoms with Gasteiger partial charge in [-0.3, -0.25) is 0 Å². The number of aliphatic hydroxyl groups excluding tert-OH is 2. The number of aliphatic hydroxyl groups is 2. The number of nitrogens with two attached hydrogens (primary N) is 1. The van der Waals surface area contributed by atoms with E-state index in [0.29, 0.717) is 11.2 Å². The lowest BCUT2D eigenvalue weighted by molar-refractivity contribution is -0.0441. The number of nitrogen functional groups attached to an aromatic ring is 1. The average molecular weight is 267 g/mol. The molecule has 0 radical (unpaired) electrons. The van der Waals surface area contributed by atoms with Crippen molar-refractivity contribution in [2.24, 2.45) is 0 Å². The molecule has 2 aromatic rings. The van der Waals surface area contributed by atoms with Crippen molar-refractivity contribution >= 4 is 17.1 Å². The molecule has 0 saturated carbocycles. The van der Waals surface area contributed by atoms with E-state index in [-0.39, 0.29) is 19.0 Å². The number of hydrogen-bond acceptors (Lipinski definition) is 7. The smallest absolute Gasteiger partial charge is 0.329 e. The van der Waals surface area contributed by atoms with E-state index in [1.54, 1.807) is 0 Å². The molecule has 0 aromatic carbocycles. The molecule has 0 bridgehead atoms. The second-order valence-corrected chi connectivity index (χ2v) is 4.38. The Hall–Kier alpha value is -1.97. The number of aromatic amines is 1. The zero-order valence-corrected chi connectivity index (χ0v) is 9.85. The molecule has 1 aliphatic heterocycles. The van der Waals surface area contributed by atoms with Crippen LogP contribution in [-0.2, 0) is 4.74 Å². The number of rotatable bonds is 2. The van der Waals surface area contributed by atoms with Gasteiger partial charge in [-0.05, 0) is 0 Å². The second kappa shape index (κ2) is 4.30. The van der Waals surface area contributed by atoms with Crippen LogP contribution in [0.2, 0.25) is 0 Å². The number of aromatic nitrogens is 4. The van der Waals surface area contributed by atoms with Crippen molar-refractivity contribution in [3.63, 3.8) is 0 Å². The maximum Gasteiger partial charge on any atom is 0.329 e. The summed E-state index contributed by atoms with van der Waals surface area (Å²) < 4.78 is 6.71. The molecular formula is C10H13N5O4. The van der Waals surface area contributed by atoms with Crippen molar-refractivity contribution in [3.8, 4) is 0 Å². The molecule has 9 nitrogen and oxygen atoms in total. The average Bonchev–Trinajstić information content (AvgIpc) is 2.88. The van der Waals surface area contributed by atoms with Crippen LogP contribution in [0.15, 0.2) is 11.0 Å². The Labute approximate surface area is 106 Å². The summed E-state index contributed by atoms with van der Waals surface area (Å²) >= 11 is 0. The van der Waals surface area contributed by atoms with Crippen LogP contribution < -0.4 is 11.4 Å². The van der Waals surface area contributed by atoms with Crippen molar-refractivity contribution in [1.82, 2.24) is 19.5 Å². The van der Waals surface area contributed by atoms with E-state index in [1.165, 1.54) is 10.8 Å². The fourth-order valence-corrected chi connectivity index (χ4v) is 2.23. The van der Waals surface area contributed by atoms with E-state index >= 15 is 0 Å². The highest BCUT2D eigenvalue weighted by molar-refractivity contribution is 5.70. The van der Waals surface area contributed by atoms with E-state index in [0.717, 1.165) is 0 Å². The minimum absolute atomic E-state index is 0.0394. The first kappa shape index (κ1) is 12.1. The molecule has 3 heterocycles. The number of anilines is 1. The third kappa shape index (κ3) is 1.87. The highest BCUT2D eigenvalue weighted by Crippen LogP contribution is 2.29. The molecule has 2 aromatic heterocycles. The molecule has 0 amide bonds. The summed E-state index contributed by atoms with van der Waals surface area (Å²) in [5.41, 5.74) is 5.82. The molecule has 5 N–H and O–H groups in total. The lowest BCUT2D eigenvalue weighted by atomic mass is 10.2. The first-order chi connectivity index (χ1) is 9.10. The minimum Gasteiger partial charge on any atom is -0.394 e. The van der Waals surface area contributed by atoms with Gasteiger partial charge in [-0.25, -0.2) is 14.3 Å². The molecule has 0 unspecified atom stereocenters. The van der Waals surface area contributed by atoms with Gasteiger partial charge in [-0.2, -0.15) is 4.98 Å². The predicted octanol–water partition coefficient (Wildman–Crippen LogP) is -1.66. The van der Waals surface area contributed by atoms with Crippen LogP contribution in [-0.4, -0.2) is 48.5 Å². The van der Waals surface area contributed by atoms with Gasteiger partial charge in [0.2, 0.25) is 5.95 Å². The van der Waals surface area contributed by atoms with E-state index in [2.05, 4.69) is 15.0 Å². The fourth-order valence-electron chi connectivity index (χ4n) is 2.23. The Balaban J connectivity index is 2.08. The Bertz CT molecular complexity index is 665. The highest BCUT2D eigenvalue weighted by Gasteiger charge is 2.36. The zero-order chi connectivity index (χ0) is 13.6. The number of imidazole rings is 1. The van der Waals surface area contributed by atoms with Gasteiger partial charge in [0.05, 0.1) is 18.9 Å². The third-order valence-corrected chi connectivity index (χ3v) is 3.15. The van der Waals surface area contributed by atoms with Crippen molar-refractivity contribution in [2.75, 3.05) is 12.3 Å². The molecule has 1 aliphatic rings. The molecular weight excluding hydrogens is 254 g/mol.